The van der Waals surface area contributed by atoms with E-state index in [9.17, 15) is 4.79 Å². The van der Waals surface area contributed by atoms with Gasteiger partial charge < -0.3 is 9.73 Å². The van der Waals surface area contributed by atoms with Crippen molar-refractivity contribution in [1.29, 1.82) is 0 Å². The van der Waals surface area contributed by atoms with E-state index in [0.29, 0.717) is 22.6 Å². The number of nitrogens with zero attached hydrogens (tertiary/aromatic N) is 3. The Hall–Kier alpha value is -3.15. The van der Waals surface area contributed by atoms with Gasteiger partial charge in [-0.1, -0.05) is 12.1 Å². The fraction of sp³-hybridized carbons (Fsp3) is 0.118. The molecule has 0 radical (unpaired) electrons. The Morgan fingerprint density at radius 1 is 1.22 bits per heavy atom. The fourth-order valence-electron chi connectivity index (χ4n) is 2.77. The molecule has 6 nitrogen and oxygen atoms in total. The highest BCUT2D eigenvalue weighted by Gasteiger charge is 2.19. The lowest BCUT2D eigenvalue weighted by Gasteiger charge is -2.09. The van der Waals surface area contributed by atoms with Gasteiger partial charge in [0.2, 0.25) is 5.71 Å². The number of aryl methyl sites for hydroxylation is 1. The van der Waals surface area contributed by atoms with Gasteiger partial charge in [-0.2, -0.15) is 4.98 Å². The number of hydrogen-bond acceptors (Lipinski definition) is 5. The van der Waals surface area contributed by atoms with Crippen LogP contribution in [0.1, 0.15) is 5.56 Å². The molecule has 3 heterocycles. The first kappa shape index (κ1) is 13.5. The second kappa shape index (κ2) is 4.95. The summed E-state index contributed by atoms with van der Waals surface area (Å²) in [5.74, 6) is 0.409. The van der Waals surface area contributed by atoms with E-state index in [2.05, 4.69) is 15.3 Å². The highest BCUT2D eigenvalue weighted by Crippen LogP contribution is 2.31. The van der Waals surface area contributed by atoms with Crippen LogP contribution in [0.5, 0.6) is 0 Å². The second-order valence-corrected chi connectivity index (χ2v) is 5.30. The van der Waals surface area contributed by atoms with Gasteiger partial charge in [-0.05, 0) is 36.8 Å². The van der Waals surface area contributed by atoms with Crippen LogP contribution in [0.3, 0.4) is 0 Å². The molecule has 0 aliphatic heterocycles. The Morgan fingerprint density at radius 2 is 2.09 bits per heavy atom. The summed E-state index contributed by atoms with van der Waals surface area (Å²) in [5.41, 5.74) is 3.12. The van der Waals surface area contributed by atoms with Crippen LogP contribution in [-0.4, -0.2) is 21.6 Å². The van der Waals surface area contributed by atoms with Crippen LogP contribution in [0.15, 0.2) is 51.8 Å². The van der Waals surface area contributed by atoms with Crippen LogP contribution in [0, 0.1) is 6.92 Å². The van der Waals surface area contributed by atoms with E-state index in [1.54, 1.807) is 17.8 Å². The lowest BCUT2D eigenvalue weighted by atomic mass is 10.2. The first-order valence-corrected chi connectivity index (χ1v) is 7.24. The van der Waals surface area contributed by atoms with Gasteiger partial charge in [-0.15, -0.1) is 0 Å². The minimum Gasteiger partial charge on any atom is -0.432 e. The highest BCUT2D eigenvalue weighted by molar-refractivity contribution is 6.05. The zero-order chi connectivity index (χ0) is 16.0. The summed E-state index contributed by atoms with van der Waals surface area (Å²) in [6, 6.07) is 11.4. The molecule has 0 aliphatic rings. The Labute approximate surface area is 131 Å². The summed E-state index contributed by atoms with van der Waals surface area (Å²) >= 11 is 0. The van der Waals surface area contributed by atoms with Crippen molar-refractivity contribution in [2.24, 2.45) is 0 Å². The normalized spacial score (nSPS) is 11.2. The molecule has 0 saturated carbocycles. The molecule has 0 spiro atoms. The second-order valence-electron chi connectivity index (χ2n) is 5.30. The van der Waals surface area contributed by atoms with Crippen molar-refractivity contribution < 1.29 is 4.42 Å². The third kappa shape index (κ3) is 1.99. The monoisotopic (exact) mass is 306 g/mol. The van der Waals surface area contributed by atoms with E-state index in [-0.39, 0.29) is 5.69 Å². The molecule has 0 unspecified atom stereocenters. The molecule has 0 aliphatic carbocycles. The number of benzene rings is 1. The van der Waals surface area contributed by atoms with Crippen molar-refractivity contribution in [2.45, 2.75) is 6.92 Å². The SMILES string of the molecule is CNc1nc(=O)n(-c2cccc(C)c2)c2c1oc1ncccc12. The predicted octanol–water partition coefficient (Wildman–Crippen LogP) is 2.88. The lowest BCUT2D eigenvalue weighted by Crippen LogP contribution is -2.22. The van der Waals surface area contributed by atoms with Crippen molar-refractivity contribution in [1.82, 2.24) is 14.5 Å². The lowest BCUT2D eigenvalue weighted by molar-refractivity contribution is 0.650. The third-order valence-electron chi connectivity index (χ3n) is 3.77. The molecule has 0 bridgehead atoms. The van der Waals surface area contributed by atoms with Gasteiger partial charge in [0.05, 0.1) is 11.1 Å². The average molecular weight is 306 g/mol. The van der Waals surface area contributed by atoms with Gasteiger partial charge in [0.1, 0.15) is 5.52 Å². The largest absolute Gasteiger partial charge is 0.432 e. The fourth-order valence-corrected chi connectivity index (χ4v) is 2.77. The average Bonchev–Trinajstić information content (AvgIpc) is 2.93. The maximum Gasteiger partial charge on any atom is 0.354 e. The molecule has 114 valence electrons. The molecular formula is C17H14N4O2. The number of rotatable bonds is 2. The highest BCUT2D eigenvalue weighted by atomic mass is 16.3. The van der Waals surface area contributed by atoms with Gasteiger partial charge >= 0.3 is 5.69 Å². The topological polar surface area (TPSA) is 73.0 Å². The molecule has 1 aromatic carbocycles. The smallest absolute Gasteiger partial charge is 0.354 e. The van der Waals surface area contributed by atoms with Crippen LogP contribution in [0.4, 0.5) is 5.82 Å². The van der Waals surface area contributed by atoms with E-state index in [0.717, 1.165) is 16.6 Å². The van der Waals surface area contributed by atoms with Gasteiger partial charge in [-0.3, -0.25) is 4.57 Å². The summed E-state index contributed by atoms with van der Waals surface area (Å²) in [4.78, 5) is 21.0. The summed E-state index contributed by atoms with van der Waals surface area (Å²) in [6.45, 7) is 1.98. The van der Waals surface area contributed by atoms with E-state index in [1.165, 1.54) is 0 Å². The molecular weight excluding hydrogens is 292 g/mol. The molecule has 3 aromatic heterocycles. The van der Waals surface area contributed by atoms with Crippen LogP contribution >= 0.6 is 0 Å². The molecule has 0 fully saturated rings. The van der Waals surface area contributed by atoms with Crippen LogP contribution in [0.25, 0.3) is 27.9 Å². The van der Waals surface area contributed by atoms with Crippen molar-refractivity contribution in [2.75, 3.05) is 12.4 Å². The maximum absolute atomic E-state index is 12.6. The molecule has 4 rings (SSSR count). The van der Waals surface area contributed by atoms with Gasteiger partial charge in [-0.25, -0.2) is 9.78 Å². The number of pyridine rings is 1. The first-order chi connectivity index (χ1) is 11.2. The quantitative estimate of drug-likeness (QED) is 0.616. The van der Waals surface area contributed by atoms with Crippen molar-refractivity contribution >= 4 is 28.0 Å². The number of nitrogens with one attached hydrogen (secondary N) is 1. The van der Waals surface area contributed by atoms with Crippen molar-refractivity contribution in [3.05, 3.63) is 58.6 Å². The number of anilines is 1. The van der Waals surface area contributed by atoms with E-state index in [4.69, 9.17) is 4.42 Å². The Balaban J connectivity index is 2.23. The van der Waals surface area contributed by atoms with Gasteiger partial charge in [0.15, 0.2) is 11.4 Å². The van der Waals surface area contributed by atoms with E-state index in [1.807, 2.05) is 43.3 Å². The van der Waals surface area contributed by atoms with Crippen LogP contribution in [-0.2, 0) is 0 Å². The number of aromatic nitrogens is 3. The summed E-state index contributed by atoms with van der Waals surface area (Å²) in [6.07, 6.45) is 1.66. The predicted molar refractivity (Wildman–Crippen MR) is 89.2 cm³/mol. The van der Waals surface area contributed by atoms with Gasteiger partial charge in [0.25, 0.3) is 0 Å². The third-order valence-corrected chi connectivity index (χ3v) is 3.77. The summed E-state index contributed by atoms with van der Waals surface area (Å²) in [7, 11) is 1.71. The van der Waals surface area contributed by atoms with E-state index < -0.39 is 0 Å². The molecule has 6 heteroatoms. The zero-order valence-corrected chi connectivity index (χ0v) is 12.7. The van der Waals surface area contributed by atoms with Crippen molar-refractivity contribution in [3.8, 4) is 5.69 Å². The molecule has 0 saturated heterocycles. The molecule has 23 heavy (non-hydrogen) atoms. The molecule has 0 amide bonds. The minimum absolute atomic E-state index is 0.362. The minimum atomic E-state index is -0.362. The molecule has 4 aromatic rings. The first-order valence-electron chi connectivity index (χ1n) is 7.24. The van der Waals surface area contributed by atoms with Gasteiger partial charge in [0, 0.05) is 13.2 Å². The summed E-state index contributed by atoms with van der Waals surface area (Å²) < 4.78 is 7.39. The molecule has 0 atom stereocenters. The number of furan rings is 1. The zero-order valence-electron chi connectivity index (χ0n) is 12.7. The number of fused-ring (bicyclic) bond motifs is 3. The van der Waals surface area contributed by atoms with Crippen LogP contribution < -0.4 is 11.0 Å². The molecule has 1 N–H and O–H groups in total. The Morgan fingerprint density at radius 3 is 2.87 bits per heavy atom. The standard InChI is InChI=1S/C17H14N4O2/c1-10-5-3-6-11(9-10)21-13-12-7-4-8-19-16(12)23-14(13)15(18-2)20-17(21)22/h3-9H,1-2H3,(H,18,20,22). The van der Waals surface area contributed by atoms with Crippen LogP contribution in [0.2, 0.25) is 0 Å². The maximum atomic E-state index is 12.6. The summed E-state index contributed by atoms with van der Waals surface area (Å²) in [5, 5.41) is 3.69. The number of hydrogen-bond donors (Lipinski definition) is 1. The Bertz CT molecular complexity index is 1090. The van der Waals surface area contributed by atoms with E-state index >= 15 is 0 Å². The Kier molecular flexibility index (Phi) is 2.90. The van der Waals surface area contributed by atoms with Crippen molar-refractivity contribution in [3.63, 3.8) is 0 Å².